The van der Waals surface area contributed by atoms with Gasteiger partial charge in [-0.25, -0.2) is 0 Å². The van der Waals surface area contributed by atoms with E-state index < -0.39 is 0 Å². The molecule has 20 aromatic rings. The fourth-order valence-electron chi connectivity index (χ4n) is 16.4. The fourth-order valence-corrected chi connectivity index (χ4v) is 16.4. The van der Waals surface area contributed by atoms with E-state index in [0.29, 0.717) is 0 Å². The van der Waals surface area contributed by atoms with Crippen molar-refractivity contribution in [1.82, 2.24) is 0 Å². The third-order valence-electron chi connectivity index (χ3n) is 21.3. The molecule has 102 heavy (non-hydrogen) atoms. The summed E-state index contributed by atoms with van der Waals surface area (Å²) in [4.78, 5) is 4.89. The molecule has 0 radical (unpaired) electrons. The van der Waals surface area contributed by atoms with Crippen molar-refractivity contribution in [3.05, 3.63) is 363 Å². The molecule has 2 heterocycles. The number of aryl methyl sites for hydroxylation is 2. The van der Waals surface area contributed by atoms with Crippen LogP contribution < -0.4 is 9.80 Å². The number of hydrogen-bond acceptors (Lipinski definition) is 4. The van der Waals surface area contributed by atoms with Crippen LogP contribution in [-0.4, -0.2) is 0 Å². The summed E-state index contributed by atoms with van der Waals surface area (Å²) in [6, 6.07) is 129. The van der Waals surface area contributed by atoms with Crippen molar-refractivity contribution in [1.29, 1.82) is 0 Å². The van der Waals surface area contributed by atoms with Crippen molar-refractivity contribution in [3.63, 3.8) is 0 Å². The Morgan fingerprint density at radius 1 is 0.176 bits per heavy atom. The van der Waals surface area contributed by atoms with Gasteiger partial charge < -0.3 is 18.6 Å². The zero-order chi connectivity index (χ0) is 67.5. The van der Waals surface area contributed by atoms with Gasteiger partial charge in [0.1, 0.15) is 22.3 Å². The van der Waals surface area contributed by atoms with Crippen molar-refractivity contribution in [2.45, 2.75) is 13.8 Å². The summed E-state index contributed by atoms with van der Waals surface area (Å²) in [5.74, 6) is 0. The van der Waals surface area contributed by atoms with Crippen LogP contribution in [0, 0.1) is 13.8 Å². The topological polar surface area (TPSA) is 32.8 Å². The van der Waals surface area contributed by atoms with E-state index in [1.165, 1.54) is 75.8 Å². The van der Waals surface area contributed by atoms with E-state index in [2.05, 4.69) is 351 Å². The molecule has 0 fully saturated rings. The molecular formula is C98H64N2O2. The van der Waals surface area contributed by atoms with E-state index >= 15 is 0 Å². The first-order valence-corrected chi connectivity index (χ1v) is 35.1. The highest BCUT2D eigenvalue weighted by atomic mass is 16.3. The second-order valence-electron chi connectivity index (χ2n) is 27.1. The summed E-state index contributed by atoms with van der Waals surface area (Å²) < 4.78 is 12.7. The standard InChI is InChI=1S/C98H64N2O2/c1-61-55-65(41-51-91(61)99(93-31-15-11-19-73(93)69-43-53-97-89(59-69)85-29-13-17-33-95(85)101-97)71-45-35-63(36-46-71)67-39-49-83-79-25-5-3-21-75(79)77-23-7-9-27-81(77)87(83)57-67)66-42-52-92(62(2)56-66)100(94-32-16-12-20-74(94)70-44-54-98-90(60-70)86-30-14-18-34-96(86)102-98)72-47-37-64(38-48-72)68-40-50-84-80-26-6-4-22-76(80)78-24-8-10-28-82(78)88(84)58-68/h3-60H,1-2H3. The largest absolute Gasteiger partial charge is 0.456 e. The van der Waals surface area contributed by atoms with Gasteiger partial charge >= 0.3 is 0 Å². The van der Waals surface area contributed by atoms with E-state index in [9.17, 15) is 0 Å². The van der Waals surface area contributed by atoms with Crippen LogP contribution in [0.25, 0.3) is 164 Å². The number of benzene rings is 18. The van der Waals surface area contributed by atoms with Gasteiger partial charge in [-0.15, -0.1) is 0 Å². The third kappa shape index (κ3) is 9.67. The maximum atomic E-state index is 6.37. The van der Waals surface area contributed by atoms with Crippen molar-refractivity contribution < 1.29 is 8.83 Å². The molecule has 4 heteroatoms. The van der Waals surface area contributed by atoms with E-state index in [-0.39, 0.29) is 0 Å². The van der Waals surface area contributed by atoms with Crippen LogP contribution in [0.3, 0.4) is 0 Å². The van der Waals surface area contributed by atoms with Crippen LogP contribution in [0.5, 0.6) is 0 Å². The maximum Gasteiger partial charge on any atom is 0.135 e. The van der Waals surface area contributed by atoms with Gasteiger partial charge in [0.15, 0.2) is 0 Å². The average molecular weight is 1300 g/mol. The molecule has 18 aromatic carbocycles. The number of rotatable bonds is 11. The summed E-state index contributed by atoms with van der Waals surface area (Å²) in [6.07, 6.45) is 0. The lowest BCUT2D eigenvalue weighted by Crippen LogP contribution is -2.13. The van der Waals surface area contributed by atoms with Crippen molar-refractivity contribution in [3.8, 4) is 55.6 Å². The number of nitrogens with zero attached hydrogens (tertiary/aromatic N) is 2. The zero-order valence-corrected chi connectivity index (χ0v) is 56.2. The number of hydrogen-bond donors (Lipinski definition) is 0. The Kier molecular flexibility index (Phi) is 13.7. The molecule has 4 nitrogen and oxygen atoms in total. The molecular weight excluding hydrogens is 1240 g/mol. The molecule has 0 N–H and O–H groups in total. The van der Waals surface area contributed by atoms with E-state index in [4.69, 9.17) is 8.83 Å². The first kappa shape index (κ1) is 58.8. The smallest absolute Gasteiger partial charge is 0.135 e. The molecule has 0 unspecified atom stereocenters. The second kappa shape index (κ2) is 23.7. The van der Waals surface area contributed by atoms with Crippen LogP contribution in [-0.2, 0) is 0 Å². The normalized spacial score (nSPS) is 11.8. The minimum Gasteiger partial charge on any atom is -0.456 e. The summed E-state index contributed by atoms with van der Waals surface area (Å²) in [5, 5.41) is 19.6. The summed E-state index contributed by atoms with van der Waals surface area (Å²) >= 11 is 0. The number of furan rings is 2. The van der Waals surface area contributed by atoms with Gasteiger partial charge in [0, 0.05) is 55.4 Å². The lowest BCUT2D eigenvalue weighted by molar-refractivity contribution is 0.668. The molecule has 0 aliphatic carbocycles. The van der Waals surface area contributed by atoms with Gasteiger partial charge in [0.2, 0.25) is 0 Å². The molecule has 0 spiro atoms. The minimum atomic E-state index is 0.874. The van der Waals surface area contributed by atoms with Crippen LogP contribution in [0.15, 0.2) is 361 Å². The van der Waals surface area contributed by atoms with Crippen molar-refractivity contribution >= 4 is 143 Å². The lowest BCUT2D eigenvalue weighted by Gasteiger charge is -2.30. The van der Waals surface area contributed by atoms with Gasteiger partial charge in [-0.1, -0.05) is 243 Å². The Morgan fingerprint density at radius 3 is 0.814 bits per heavy atom. The zero-order valence-electron chi connectivity index (χ0n) is 56.2. The van der Waals surface area contributed by atoms with Crippen LogP contribution in [0.2, 0.25) is 0 Å². The van der Waals surface area contributed by atoms with Crippen LogP contribution >= 0.6 is 0 Å². The Labute approximate surface area is 590 Å². The molecule has 0 saturated heterocycles. The van der Waals surface area contributed by atoms with Crippen molar-refractivity contribution in [2.24, 2.45) is 0 Å². The monoisotopic (exact) mass is 1300 g/mol. The van der Waals surface area contributed by atoms with E-state index in [0.717, 1.165) is 134 Å². The Bertz CT molecular complexity index is 6310. The first-order chi connectivity index (χ1) is 50.4. The van der Waals surface area contributed by atoms with Crippen molar-refractivity contribution in [2.75, 3.05) is 9.80 Å². The van der Waals surface area contributed by atoms with Crippen LogP contribution in [0.4, 0.5) is 34.1 Å². The van der Waals surface area contributed by atoms with Gasteiger partial charge in [-0.05, 0) is 243 Å². The molecule has 0 bridgehead atoms. The summed E-state index contributed by atoms with van der Waals surface area (Å²) in [5.41, 5.74) is 23.6. The molecule has 2 aromatic heterocycles. The second-order valence-corrected chi connectivity index (χ2v) is 27.1. The quantitative estimate of drug-likeness (QED) is 0.121. The first-order valence-electron chi connectivity index (χ1n) is 35.1. The van der Waals surface area contributed by atoms with Gasteiger partial charge in [-0.2, -0.15) is 0 Å². The van der Waals surface area contributed by atoms with E-state index in [1.54, 1.807) is 0 Å². The minimum absolute atomic E-state index is 0.874. The molecule has 0 amide bonds. The maximum absolute atomic E-state index is 6.37. The van der Waals surface area contributed by atoms with Gasteiger partial charge in [-0.3, -0.25) is 0 Å². The Balaban J connectivity index is 0.694. The van der Waals surface area contributed by atoms with Gasteiger partial charge in [0.05, 0.1) is 11.4 Å². The fraction of sp³-hybridized carbons (Fsp3) is 0.0204. The molecule has 0 aliphatic heterocycles. The lowest BCUT2D eigenvalue weighted by atomic mass is 9.92. The van der Waals surface area contributed by atoms with E-state index in [1.807, 2.05) is 24.3 Å². The summed E-state index contributed by atoms with van der Waals surface area (Å²) in [6.45, 7) is 4.51. The highest BCUT2D eigenvalue weighted by Gasteiger charge is 2.24. The Hall–Kier alpha value is -13.3. The Morgan fingerprint density at radius 2 is 0.441 bits per heavy atom. The van der Waals surface area contributed by atoms with Gasteiger partial charge in [0.25, 0.3) is 0 Å². The predicted molar refractivity (Wildman–Crippen MR) is 432 cm³/mol. The third-order valence-corrected chi connectivity index (χ3v) is 21.3. The van der Waals surface area contributed by atoms with Crippen LogP contribution in [0.1, 0.15) is 11.1 Å². The predicted octanol–water partition coefficient (Wildman–Crippen LogP) is 28.3. The molecule has 0 saturated carbocycles. The number of fused-ring (bicyclic) bond motifs is 18. The highest BCUT2D eigenvalue weighted by Crippen LogP contribution is 2.49. The number of para-hydroxylation sites is 4. The highest BCUT2D eigenvalue weighted by molar-refractivity contribution is 6.27. The molecule has 0 atom stereocenters. The molecule has 20 rings (SSSR count). The molecule has 0 aliphatic rings. The number of anilines is 6. The summed E-state index contributed by atoms with van der Waals surface area (Å²) in [7, 11) is 0. The molecule has 478 valence electrons. The SMILES string of the molecule is Cc1cc(-c2ccc(N(c3ccc(-c4ccc5c6ccccc6c6ccccc6c5c4)cc3)c3ccccc3-c3ccc4oc5ccccc5c4c3)c(C)c2)ccc1N(c1ccc(-c2ccc3c4ccccc4c4ccccc4c3c2)cc1)c1ccccc1-c1ccc2oc3ccccc3c2c1. The average Bonchev–Trinajstić information content (AvgIpc) is 1.03.